The Morgan fingerprint density at radius 2 is 2.00 bits per heavy atom. The summed E-state index contributed by atoms with van der Waals surface area (Å²) in [5.74, 6) is -1.08. The third-order valence-corrected chi connectivity index (χ3v) is 7.56. The number of carbonyl (C=O) groups excluding carboxylic acids is 4. The maximum Gasteiger partial charge on any atom is 0.249 e. The van der Waals surface area contributed by atoms with E-state index in [0.717, 1.165) is 16.8 Å². The van der Waals surface area contributed by atoms with Crippen LogP contribution in [-0.4, -0.2) is 52.9 Å². The molecule has 3 aliphatic rings. The molecular weight excluding hydrogens is 496 g/mol. The van der Waals surface area contributed by atoms with Gasteiger partial charge in [-0.3, -0.25) is 24.5 Å². The Morgan fingerprint density at radius 1 is 1.19 bits per heavy atom. The highest BCUT2D eigenvalue weighted by Crippen LogP contribution is 2.39. The van der Waals surface area contributed by atoms with Gasteiger partial charge in [-0.15, -0.1) is 0 Å². The molecule has 3 fully saturated rings. The van der Waals surface area contributed by atoms with Gasteiger partial charge >= 0.3 is 0 Å². The molecular formula is C27H29ClN4O5. The number of epoxide rings is 1. The highest BCUT2D eigenvalue weighted by atomic mass is 35.5. The number of imide groups is 1. The van der Waals surface area contributed by atoms with E-state index in [-0.39, 0.29) is 48.6 Å². The van der Waals surface area contributed by atoms with Crippen LogP contribution in [0.5, 0.6) is 0 Å². The number of rotatable bonds is 7. The Morgan fingerprint density at radius 3 is 2.76 bits per heavy atom. The molecule has 9 nitrogen and oxygen atoms in total. The zero-order valence-electron chi connectivity index (χ0n) is 20.6. The summed E-state index contributed by atoms with van der Waals surface area (Å²) in [5, 5.41) is 9.21. The summed E-state index contributed by atoms with van der Waals surface area (Å²) in [5.41, 5.74) is 3.43. The molecule has 37 heavy (non-hydrogen) atoms. The minimum absolute atomic E-state index is 0.0383. The number of benzene rings is 2. The number of fused-ring (bicyclic) bond motifs is 1. The van der Waals surface area contributed by atoms with Gasteiger partial charge in [0.1, 0.15) is 12.1 Å². The van der Waals surface area contributed by atoms with E-state index < -0.39 is 18.2 Å². The summed E-state index contributed by atoms with van der Waals surface area (Å²) in [7, 11) is 0. The van der Waals surface area contributed by atoms with Crippen LogP contribution in [0.1, 0.15) is 49.7 Å². The number of likely N-dealkylation sites (tertiary alicyclic amines) is 1. The molecule has 0 bridgehead atoms. The molecule has 5 unspecified atom stereocenters. The molecule has 5 atom stereocenters. The number of carbonyl (C=O) groups is 4. The van der Waals surface area contributed by atoms with Crippen LogP contribution in [-0.2, 0) is 23.9 Å². The average molecular weight is 525 g/mol. The van der Waals surface area contributed by atoms with Crippen molar-refractivity contribution in [2.24, 2.45) is 0 Å². The summed E-state index contributed by atoms with van der Waals surface area (Å²) < 4.78 is 5.79. The van der Waals surface area contributed by atoms with Gasteiger partial charge in [-0.2, -0.15) is 0 Å². The lowest BCUT2D eigenvalue weighted by Gasteiger charge is -2.35. The zero-order valence-corrected chi connectivity index (χ0v) is 21.4. The standard InChI is InChI=1S/C27H29ClN4O5/c1-14-6-7-18(12-19(14)28)30-23(34)10-15(2)16-4-3-5-17(11-16)29-20-13-24(35)32(27-25(20)37-27)21-8-9-22(33)31-26(21)36/h3-7,11-12,15,20-21,25,27,29H,8-10,13H2,1-2H3,(H,30,34)(H,31,33,36). The Kier molecular flexibility index (Phi) is 6.92. The first-order chi connectivity index (χ1) is 17.7. The number of aryl methyl sites for hydroxylation is 1. The fourth-order valence-electron chi connectivity index (χ4n) is 5.04. The van der Waals surface area contributed by atoms with Crippen molar-refractivity contribution in [2.45, 2.75) is 69.9 Å². The highest BCUT2D eigenvalue weighted by molar-refractivity contribution is 6.31. The third kappa shape index (κ3) is 5.47. The second-order valence-corrected chi connectivity index (χ2v) is 10.4. The third-order valence-electron chi connectivity index (χ3n) is 7.16. The van der Waals surface area contributed by atoms with Crippen LogP contribution in [0.4, 0.5) is 11.4 Å². The van der Waals surface area contributed by atoms with Crippen molar-refractivity contribution in [3.05, 3.63) is 58.6 Å². The Labute approximate surface area is 219 Å². The molecule has 3 saturated heterocycles. The second-order valence-electron chi connectivity index (χ2n) is 9.96. The minimum atomic E-state index is -0.674. The molecule has 194 valence electrons. The maximum absolute atomic E-state index is 12.9. The van der Waals surface area contributed by atoms with Crippen molar-refractivity contribution >= 4 is 46.6 Å². The average Bonchev–Trinajstić information content (AvgIpc) is 3.64. The summed E-state index contributed by atoms with van der Waals surface area (Å²) in [4.78, 5) is 50.8. The second kappa shape index (κ2) is 10.1. The fourth-order valence-corrected chi connectivity index (χ4v) is 5.22. The van der Waals surface area contributed by atoms with Crippen molar-refractivity contribution in [1.82, 2.24) is 10.2 Å². The lowest BCUT2D eigenvalue weighted by atomic mass is 9.95. The molecule has 0 spiro atoms. The predicted molar refractivity (Wildman–Crippen MR) is 138 cm³/mol. The molecule has 0 radical (unpaired) electrons. The van der Waals surface area contributed by atoms with Crippen LogP contribution < -0.4 is 16.0 Å². The number of amides is 4. The fraction of sp³-hybridized carbons (Fsp3) is 0.407. The molecule has 3 heterocycles. The van der Waals surface area contributed by atoms with Crippen molar-refractivity contribution in [2.75, 3.05) is 10.6 Å². The monoisotopic (exact) mass is 524 g/mol. The first-order valence-electron chi connectivity index (χ1n) is 12.4. The molecule has 0 aromatic heterocycles. The van der Waals surface area contributed by atoms with Gasteiger partial charge < -0.3 is 20.3 Å². The number of hydrogen-bond donors (Lipinski definition) is 3. The van der Waals surface area contributed by atoms with Crippen LogP contribution >= 0.6 is 11.6 Å². The predicted octanol–water partition coefficient (Wildman–Crippen LogP) is 3.32. The molecule has 4 amide bonds. The van der Waals surface area contributed by atoms with Gasteiger partial charge in [0.05, 0.1) is 6.04 Å². The molecule has 2 aromatic carbocycles. The molecule has 5 rings (SSSR count). The summed E-state index contributed by atoms with van der Waals surface area (Å²) in [6.45, 7) is 3.90. The van der Waals surface area contributed by atoms with Gasteiger partial charge in [0.2, 0.25) is 23.6 Å². The number of halogens is 1. The highest BCUT2D eigenvalue weighted by Gasteiger charge is 2.58. The lowest BCUT2D eigenvalue weighted by molar-refractivity contribution is -0.148. The van der Waals surface area contributed by atoms with Crippen molar-refractivity contribution in [1.29, 1.82) is 0 Å². The summed E-state index contributed by atoms with van der Waals surface area (Å²) >= 11 is 6.16. The van der Waals surface area contributed by atoms with E-state index >= 15 is 0 Å². The topological polar surface area (TPSA) is 120 Å². The maximum atomic E-state index is 12.9. The number of nitrogens with one attached hydrogen (secondary N) is 3. The van der Waals surface area contributed by atoms with Crippen molar-refractivity contribution in [3.8, 4) is 0 Å². The van der Waals surface area contributed by atoms with Crippen LogP contribution in [0.15, 0.2) is 42.5 Å². The molecule has 2 aromatic rings. The van der Waals surface area contributed by atoms with E-state index in [0.29, 0.717) is 23.6 Å². The van der Waals surface area contributed by atoms with E-state index in [1.54, 1.807) is 6.07 Å². The molecule has 0 aliphatic carbocycles. The Hall–Kier alpha value is -3.43. The SMILES string of the molecule is Cc1ccc(NC(=O)CC(C)c2cccc(NC3CC(=O)N(C4CCC(=O)NC4=O)C4OC34)c2)cc1Cl. The van der Waals surface area contributed by atoms with E-state index in [2.05, 4.69) is 16.0 Å². The first-order valence-corrected chi connectivity index (χ1v) is 12.8. The van der Waals surface area contributed by atoms with E-state index in [1.807, 2.05) is 50.2 Å². The number of anilines is 2. The van der Waals surface area contributed by atoms with E-state index in [1.165, 1.54) is 4.90 Å². The number of ether oxygens (including phenoxy) is 1. The number of piperidine rings is 2. The van der Waals surface area contributed by atoms with Gasteiger partial charge in [0, 0.05) is 35.7 Å². The van der Waals surface area contributed by atoms with Crippen LogP contribution in [0.2, 0.25) is 5.02 Å². The van der Waals surface area contributed by atoms with Gasteiger partial charge in [0.15, 0.2) is 6.23 Å². The summed E-state index contributed by atoms with van der Waals surface area (Å²) in [6.07, 6.45) is 0.304. The molecule has 3 aliphatic heterocycles. The molecule has 10 heteroatoms. The quantitative estimate of drug-likeness (QED) is 0.377. The van der Waals surface area contributed by atoms with Crippen molar-refractivity contribution in [3.63, 3.8) is 0 Å². The minimum Gasteiger partial charge on any atom is -0.379 e. The number of nitrogens with zero attached hydrogens (tertiary/aromatic N) is 1. The van der Waals surface area contributed by atoms with Crippen LogP contribution in [0, 0.1) is 6.92 Å². The van der Waals surface area contributed by atoms with Crippen LogP contribution in [0.25, 0.3) is 0 Å². The van der Waals surface area contributed by atoms with E-state index in [4.69, 9.17) is 16.3 Å². The smallest absolute Gasteiger partial charge is 0.249 e. The normalized spacial score (nSPS) is 25.7. The lowest BCUT2D eigenvalue weighted by Crippen LogP contribution is -2.58. The van der Waals surface area contributed by atoms with Gasteiger partial charge in [-0.1, -0.05) is 36.7 Å². The first kappa shape index (κ1) is 25.2. The van der Waals surface area contributed by atoms with Gasteiger partial charge in [0.25, 0.3) is 0 Å². The zero-order chi connectivity index (χ0) is 26.3. The van der Waals surface area contributed by atoms with E-state index in [9.17, 15) is 19.2 Å². The Balaban J connectivity index is 1.18. The van der Waals surface area contributed by atoms with Gasteiger partial charge in [-0.05, 0) is 54.7 Å². The number of hydrogen-bond acceptors (Lipinski definition) is 6. The van der Waals surface area contributed by atoms with Gasteiger partial charge in [-0.25, -0.2) is 0 Å². The Bertz CT molecular complexity index is 1270. The molecule has 3 N–H and O–H groups in total. The van der Waals surface area contributed by atoms with Crippen LogP contribution in [0.3, 0.4) is 0 Å². The summed E-state index contributed by atoms with van der Waals surface area (Å²) in [6, 6.07) is 12.3. The largest absolute Gasteiger partial charge is 0.379 e. The molecule has 0 saturated carbocycles. The van der Waals surface area contributed by atoms with Crippen molar-refractivity contribution < 1.29 is 23.9 Å².